The molecule has 0 bridgehead atoms. The van der Waals surface area contributed by atoms with Gasteiger partial charge in [-0.3, -0.25) is 19.8 Å². The maximum absolute atomic E-state index is 14.9. The number of hydrogen-bond donors (Lipinski definition) is 3. The summed E-state index contributed by atoms with van der Waals surface area (Å²) < 4.78 is 21.6. The molecule has 1 aliphatic carbocycles. The van der Waals surface area contributed by atoms with Crippen LogP contribution in [0.1, 0.15) is 25.3 Å². The molecular formula is C30H33FN6O3S. The zero-order chi connectivity index (χ0) is 28.3. The molecule has 0 radical (unpaired) electrons. The molecule has 1 atom stereocenters. The molecule has 11 heteroatoms. The van der Waals surface area contributed by atoms with Gasteiger partial charge in [-0.25, -0.2) is 9.18 Å². The molecule has 2 aliphatic rings. The summed E-state index contributed by atoms with van der Waals surface area (Å²) in [5, 5.41) is 15.1. The summed E-state index contributed by atoms with van der Waals surface area (Å²) in [7, 11) is 0. The molecule has 214 valence electrons. The number of rotatable bonds is 9. The molecule has 1 saturated heterocycles. The van der Waals surface area contributed by atoms with Crippen LogP contribution in [-0.4, -0.2) is 75.8 Å². The fourth-order valence-electron chi connectivity index (χ4n) is 4.91. The first-order valence-corrected chi connectivity index (χ1v) is 14.7. The van der Waals surface area contributed by atoms with E-state index in [9.17, 15) is 14.3 Å². The number of nitrogens with one attached hydrogen (secondary N) is 2. The second-order valence-corrected chi connectivity index (χ2v) is 11.8. The highest BCUT2D eigenvalue weighted by molar-refractivity contribution is 7.22. The highest BCUT2D eigenvalue weighted by Crippen LogP contribution is 2.39. The average molecular weight is 577 g/mol. The van der Waals surface area contributed by atoms with Gasteiger partial charge in [0.15, 0.2) is 11.6 Å². The molecule has 4 heterocycles. The Labute approximate surface area is 242 Å². The first-order valence-electron chi connectivity index (χ1n) is 13.9. The average Bonchev–Trinajstić information content (AvgIpc) is 3.65. The lowest BCUT2D eigenvalue weighted by molar-refractivity contribution is 0.0780. The number of pyridine rings is 2. The fourth-order valence-corrected chi connectivity index (χ4v) is 5.95. The predicted molar refractivity (Wildman–Crippen MR) is 158 cm³/mol. The number of benzene rings is 1. The van der Waals surface area contributed by atoms with Crippen molar-refractivity contribution < 1.29 is 19.0 Å². The Kier molecular flexibility index (Phi) is 8.11. The van der Waals surface area contributed by atoms with Crippen LogP contribution in [0.4, 0.5) is 14.9 Å². The highest BCUT2D eigenvalue weighted by Gasteiger charge is 2.23. The number of nitrogens with zero attached hydrogens (tertiary/aromatic N) is 4. The van der Waals surface area contributed by atoms with E-state index in [1.165, 1.54) is 23.5 Å². The van der Waals surface area contributed by atoms with E-state index in [0.29, 0.717) is 11.4 Å². The van der Waals surface area contributed by atoms with Gasteiger partial charge in [0.25, 0.3) is 0 Å². The number of aliphatic hydroxyl groups is 1. The van der Waals surface area contributed by atoms with E-state index in [-0.39, 0.29) is 23.9 Å². The Bertz CT molecular complexity index is 1520. The quantitative estimate of drug-likeness (QED) is 0.256. The molecule has 1 aromatic carbocycles. The lowest BCUT2D eigenvalue weighted by Gasteiger charge is -2.35. The van der Waals surface area contributed by atoms with Gasteiger partial charge in [0.1, 0.15) is 5.75 Å². The number of aliphatic hydroxyl groups excluding tert-OH is 1. The first kappa shape index (κ1) is 27.5. The molecular weight excluding hydrogens is 543 g/mol. The second kappa shape index (κ2) is 12.1. The van der Waals surface area contributed by atoms with Gasteiger partial charge in [-0.05, 0) is 49.6 Å². The lowest BCUT2D eigenvalue weighted by Crippen LogP contribution is -2.47. The summed E-state index contributed by atoms with van der Waals surface area (Å²) in [6.07, 6.45) is 5.22. The normalized spacial score (nSPS) is 17.0. The van der Waals surface area contributed by atoms with Crippen molar-refractivity contribution in [1.29, 1.82) is 0 Å². The van der Waals surface area contributed by atoms with Gasteiger partial charge < -0.3 is 20.5 Å². The number of anilines is 1. The van der Waals surface area contributed by atoms with E-state index < -0.39 is 5.82 Å². The maximum atomic E-state index is 14.9. The number of halogens is 1. The third-order valence-electron chi connectivity index (χ3n) is 7.17. The highest BCUT2D eigenvalue weighted by atomic mass is 32.1. The number of amides is 2. The number of ether oxygens (including phenoxy) is 1. The van der Waals surface area contributed by atoms with Crippen LogP contribution < -0.4 is 15.4 Å². The molecule has 1 saturated carbocycles. The maximum Gasteiger partial charge on any atom is 0.319 e. The number of hydrogen-bond acceptors (Lipinski definition) is 8. The van der Waals surface area contributed by atoms with Gasteiger partial charge in [-0.1, -0.05) is 6.07 Å². The minimum Gasteiger partial charge on any atom is -0.453 e. The molecule has 2 amide bonds. The largest absolute Gasteiger partial charge is 0.453 e. The van der Waals surface area contributed by atoms with Gasteiger partial charge in [0.05, 0.1) is 26.9 Å². The zero-order valence-corrected chi connectivity index (χ0v) is 23.7. The predicted octanol–water partition coefficient (Wildman–Crippen LogP) is 5.07. The van der Waals surface area contributed by atoms with E-state index in [2.05, 4.69) is 31.5 Å². The van der Waals surface area contributed by atoms with Crippen molar-refractivity contribution in [3.05, 3.63) is 66.2 Å². The summed E-state index contributed by atoms with van der Waals surface area (Å²) in [4.78, 5) is 26.8. The van der Waals surface area contributed by atoms with Crippen molar-refractivity contribution in [3.8, 4) is 22.1 Å². The van der Waals surface area contributed by atoms with Crippen molar-refractivity contribution >= 4 is 33.3 Å². The van der Waals surface area contributed by atoms with E-state index >= 15 is 0 Å². The number of piperazine rings is 1. The number of urea groups is 1. The van der Waals surface area contributed by atoms with Crippen LogP contribution in [0.2, 0.25) is 0 Å². The second-order valence-electron chi connectivity index (χ2n) is 10.7. The Morgan fingerprint density at radius 2 is 1.90 bits per heavy atom. The Balaban J connectivity index is 1.11. The van der Waals surface area contributed by atoms with Crippen LogP contribution in [0.5, 0.6) is 11.5 Å². The van der Waals surface area contributed by atoms with E-state index in [4.69, 9.17) is 9.72 Å². The van der Waals surface area contributed by atoms with Gasteiger partial charge in [-0.2, -0.15) is 0 Å². The number of β-amino-alcohol motifs (C(OH)–C–C–N with tert-alkyl or cyclic N) is 1. The fraction of sp³-hybridized carbons (Fsp3) is 0.367. The molecule has 4 aromatic rings. The smallest absolute Gasteiger partial charge is 0.319 e. The van der Waals surface area contributed by atoms with E-state index in [1.54, 1.807) is 18.3 Å². The van der Waals surface area contributed by atoms with Crippen LogP contribution in [0, 0.1) is 5.82 Å². The van der Waals surface area contributed by atoms with Crippen molar-refractivity contribution in [2.75, 3.05) is 38.0 Å². The number of aromatic nitrogens is 2. The zero-order valence-electron chi connectivity index (χ0n) is 22.8. The SMILES string of the molecule is C[C@@H](O)CN1CCN(Cc2ccc(-c3cc4nccc(Oc5ccc(NC(=O)NC6CC6)cc5F)c4s3)nc2)CC1. The van der Waals surface area contributed by atoms with Crippen molar-refractivity contribution in [2.24, 2.45) is 0 Å². The summed E-state index contributed by atoms with van der Waals surface area (Å²) in [6.45, 7) is 7.24. The number of thiophene rings is 1. The van der Waals surface area contributed by atoms with Crippen LogP contribution in [0.3, 0.4) is 0 Å². The molecule has 0 unspecified atom stereocenters. The van der Waals surface area contributed by atoms with Crippen molar-refractivity contribution in [3.63, 3.8) is 0 Å². The topological polar surface area (TPSA) is 103 Å². The molecule has 9 nitrogen and oxygen atoms in total. The first-order chi connectivity index (χ1) is 19.9. The Morgan fingerprint density at radius 3 is 2.61 bits per heavy atom. The lowest BCUT2D eigenvalue weighted by atomic mass is 10.2. The minimum absolute atomic E-state index is 0.0646. The summed E-state index contributed by atoms with van der Waals surface area (Å²) in [5.41, 5.74) is 3.10. The Hall–Kier alpha value is -3.64. The third-order valence-corrected chi connectivity index (χ3v) is 8.33. The van der Waals surface area contributed by atoms with Gasteiger partial charge in [-0.15, -0.1) is 11.3 Å². The molecule has 2 fully saturated rings. The molecule has 3 N–H and O–H groups in total. The van der Waals surface area contributed by atoms with Crippen molar-refractivity contribution in [2.45, 2.75) is 38.5 Å². The number of carbonyl (C=O) groups is 1. The third kappa shape index (κ3) is 6.99. The van der Waals surface area contributed by atoms with E-state index in [1.807, 2.05) is 25.3 Å². The summed E-state index contributed by atoms with van der Waals surface area (Å²) >= 11 is 1.50. The van der Waals surface area contributed by atoms with Crippen molar-refractivity contribution in [1.82, 2.24) is 25.1 Å². The molecule has 0 spiro atoms. The summed E-state index contributed by atoms with van der Waals surface area (Å²) in [6, 6.07) is 12.1. The van der Waals surface area contributed by atoms with Crippen LogP contribution in [0.15, 0.2) is 54.9 Å². The van der Waals surface area contributed by atoms with Gasteiger partial charge >= 0.3 is 6.03 Å². The minimum atomic E-state index is -0.572. The molecule has 1 aliphatic heterocycles. The van der Waals surface area contributed by atoms with Crippen LogP contribution in [0.25, 0.3) is 20.8 Å². The summed E-state index contributed by atoms with van der Waals surface area (Å²) in [5.74, 6) is -0.00365. The Morgan fingerprint density at radius 1 is 1.10 bits per heavy atom. The monoisotopic (exact) mass is 576 g/mol. The molecule has 41 heavy (non-hydrogen) atoms. The van der Waals surface area contributed by atoms with Crippen LogP contribution >= 0.6 is 11.3 Å². The van der Waals surface area contributed by atoms with Crippen LogP contribution in [-0.2, 0) is 6.54 Å². The molecule has 3 aromatic heterocycles. The number of carbonyl (C=O) groups excluding carboxylic acids is 1. The molecule has 6 rings (SSSR count). The van der Waals surface area contributed by atoms with Gasteiger partial charge in [0.2, 0.25) is 0 Å². The number of fused-ring (bicyclic) bond motifs is 1. The van der Waals surface area contributed by atoms with Gasteiger partial charge in [0, 0.05) is 75.5 Å². The standard InChI is InChI=1S/C30H33FN6O3S/c1-19(38)17-36-10-12-37(13-11-36)18-20-2-6-24(33-16-20)28-15-25-29(41-28)27(8-9-32-25)40-26-7-5-22(14-23(26)31)35-30(39)34-21-3-4-21/h2,5-9,14-16,19,21,38H,3-4,10-13,17-18H2,1H3,(H2,34,35,39)/t19-/m1/s1. The van der Waals surface area contributed by atoms with E-state index in [0.717, 1.165) is 78.5 Å².